The number of carbonyl (C=O) groups is 3. The molecule has 0 radical (unpaired) electrons. The van der Waals surface area contributed by atoms with Crippen LogP contribution in [-0.2, 0) is 36.7 Å². The second kappa shape index (κ2) is 10.5. The number of benzene rings is 1. The lowest BCUT2D eigenvalue weighted by Gasteiger charge is -2.21. The molecule has 0 bridgehead atoms. The number of methoxy groups -OCH3 is 2. The topological polar surface area (TPSA) is 81.7 Å². The molecule has 3 rings (SSSR count). The number of piperidine rings is 1. The fourth-order valence-corrected chi connectivity index (χ4v) is 4.23. The average Bonchev–Trinajstić information content (AvgIpc) is 2.80. The predicted octanol–water partition coefficient (Wildman–Crippen LogP) is 3.09. The van der Waals surface area contributed by atoms with Crippen LogP contribution in [0.15, 0.2) is 46.9 Å². The molecule has 0 amide bonds. The van der Waals surface area contributed by atoms with Crippen molar-refractivity contribution in [1.29, 1.82) is 0 Å². The highest BCUT2D eigenvalue weighted by Gasteiger charge is 2.34. The Balaban J connectivity index is 1.58. The van der Waals surface area contributed by atoms with E-state index in [0.717, 1.165) is 49.9 Å². The zero-order valence-corrected chi connectivity index (χ0v) is 18.6. The maximum absolute atomic E-state index is 12.8. The van der Waals surface area contributed by atoms with Crippen LogP contribution in [0.25, 0.3) is 0 Å². The molecule has 1 aromatic carbocycles. The molecule has 1 N–H and O–H groups in total. The second-order valence-corrected chi connectivity index (χ2v) is 8.18. The summed E-state index contributed by atoms with van der Waals surface area (Å²) < 4.78 is 10.2. The fourth-order valence-electron chi connectivity index (χ4n) is 4.23. The Morgan fingerprint density at radius 1 is 1.03 bits per heavy atom. The number of Topliss-reactive ketones (excluding diaryl/α,β-unsaturated/α-hetero) is 3. The zero-order valence-electron chi connectivity index (χ0n) is 18.6. The number of ketones is 3. The first-order valence-corrected chi connectivity index (χ1v) is 10.9. The van der Waals surface area contributed by atoms with Crippen LogP contribution in [0.2, 0.25) is 0 Å². The van der Waals surface area contributed by atoms with Crippen molar-refractivity contribution >= 4 is 17.3 Å². The Morgan fingerprint density at radius 3 is 2.29 bits per heavy atom. The molecule has 1 aliphatic heterocycles. The van der Waals surface area contributed by atoms with Gasteiger partial charge in [0.15, 0.2) is 0 Å². The quantitative estimate of drug-likeness (QED) is 0.613. The minimum Gasteiger partial charge on any atom is -0.489 e. The van der Waals surface area contributed by atoms with E-state index in [1.807, 2.05) is 24.3 Å². The number of hydrogen-bond acceptors (Lipinski definition) is 6. The lowest BCUT2D eigenvalue weighted by atomic mass is 9.88. The second-order valence-electron chi connectivity index (χ2n) is 8.18. The number of carbonyl (C=O) groups excluding carboxylic acids is 3. The van der Waals surface area contributed by atoms with E-state index in [1.54, 1.807) is 6.92 Å². The molecule has 1 unspecified atom stereocenters. The van der Waals surface area contributed by atoms with E-state index in [2.05, 4.69) is 5.32 Å². The molecule has 6 nitrogen and oxygen atoms in total. The number of ether oxygens (including phenoxy) is 2. The average molecular weight is 426 g/mol. The van der Waals surface area contributed by atoms with Crippen molar-refractivity contribution in [2.45, 2.75) is 45.4 Å². The highest BCUT2D eigenvalue weighted by atomic mass is 16.5. The van der Waals surface area contributed by atoms with Gasteiger partial charge in [0, 0.05) is 36.5 Å². The lowest BCUT2D eigenvalue weighted by molar-refractivity contribution is -0.123. The number of nitrogens with one attached hydrogen (secondary N) is 1. The van der Waals surface area contributed by atoms with Crippen LogP contribution in [0.4, 0.5) is 0 Å². The van der Waals surface area contributed by atoms with Gasteiger partial charge in [0.05, 0.1) is 14.2 Å². The molecule has 0 saturated carbocycles. The fraction of sp³-hybridized carbons (Fsp3) is 0.480. The summed E-state index contributed by atoms with van der Waals surface area (Å²) in [6.07, 6.45) is 4.74. The van der Waals surface area contributed by atoms with Crippen molar-refractivity contribution in [2.24, 2.45) is 5.92 Å². The third-order valence-electron chi connectivity index (χ3n) is 6.14. The van der Waals surface area contributed by atoms with Crippen molar-refractivity contribution in [2.75, 3.05) is 27.3 Å². The smallest absolute Gasteiger partial charge is 0.228 e. The van der Waals surface area contributed by atoms with E-state index in [1.165, 1.54) is 14.2 Å². The first-order valence-electron chi connectivity index (χ1n) is 10.9. The molecule has 0 spiro atoms. The lowest BCUT2D eigenvalue weighted by Crippen LogP contribution is -2.34. The molecule has 1 aliphatic carbocycles. The summed E-state index contributed by atoms with van der Waals surface area (Å²) in [6, 6.07) is 8.01. The standard InChI is InChI=1S/C25H31NO5/c1-16-20(23(29)25(31-3)24(30-2)22(16)28)14-18-11-9-17(10-12-18)6-4-8-21(27)19-7-5-13-26-15-19/h9-12,19,26H,4-8,13-15H2,1-3H3. The highest BCUT2D eigenvalue weighted by molar-refractivity contribution is 6.23. The largest absolute Gasteiger partial charge is 0.489 e. The summed E-state index contributed by atoms with van der Waals surface area (Å²) in [5, 5.41) is 3.30. The Hall–Kier alpha value is -2.73. The molecular weight excluding hydrogens is 394 g/mol. The predicted molar refractivity (Wildman–Crippen MR) is 117 cm³/mol. The monoisotopic (exact) mass is 425 g/mol. The van der Waals surface area contributed by atoms with Gasteiger partial charge in [0.1, 0.15) is 5.78 Å². The van der Waals surface area contributed by atoms with Gasteiger partial charge in [0.25, 0.3) is 0 Å². The molecule has 166 valence electrons. The first-order chi connectivity index (χ1) is 15.0. The minimum absolute atomic E-state index is 0.0392. The maximum atomic E-state index is 12.8. The number of aryl methyl sites for hydroxylation is 1. The molecule has 1 aromatic rings. The molecule has 6 heteroatoms. The van der Waals surface area contributed by atoms with Crippen LogP contribution in [0, 0.1) is 5.92 Å². The van der Waals surface area contributed by atoms with E-state index in [4.69, 9.17) is 9.47 Å². The maximum Gasteiger partial charge on any atom is 0.228 e. The van der Waals surface area contributed by atoms with Crippen LogP contribution >= 0.6 is 0 Å². The number of allylic oxidation sites excluding steroid dienone is 2. The van der Waals surface area contributed by atoms with Crippen molar-refractivity contribution in [3.8, 4) is 0 Å². The number of hydrogen-bond donors (Lipinski definition) is 1. The van der Waals surface area contributed by atoms with Crippen molar-refractivity contribution in [3.63, 3.8) is 0 Å². The van der Waals surface area contributed by atoms with E-state index < -0.39 is 0 Å². The Morgan fingerprint density at radius 2 is 1.68 bits per heavy atom. The van der Waals surface area contributed by atoms with Gasteiger partial charge < -0.3 is 14.8 Å². The molecule has 1 atom stereocenters. The van der Waals surface area contributed by atoms with E-state index in [-0.39, 0.29) is 29.0 Å². The molecular formula is C25H31NO5. The minimum atomic E-state index is -0.316. The number of rotatable bonds is 9. The summed E-state index contributed by atoms with van der Waals surface area (Å²) >= 11 is 0. The van der Waals surface area contributed by atoms with Gasteiger partial charge in [-0.2, -0.15) is 0 Å². The van der Waals surface area contributed by atoms with Crippen molar-refractivity contribution in [1.82, 2.24) is 5.32 Å². The highest BCUT2D eigenvalue weighted by Crippen LogP contribution is 2.28. The van der Waals surface area contributed by atoms with Crippen LogP contribution in [0.3, 0.4) is 0 Å². The van der Waals surface area contributed by atoms with E-state index in [0.29, 0.717) is 29.8 Å². The van der Waals surface area contributed by atoms with Crippen LogP contribution in [-0.4, -0.2) is 44.7 Å². The zero-order chi connectivity index (χ0) is 22.4. The molecule has 1 fully saturated rings. The van der Waals surface area contributed by atoms with Gasteiger partial charge in [-0.15, -0.1) is 0 Å². The Bertz CT molecular complexity index is 904. The van der Waals surface area contributed by atoms with Gasteiger partial charge in [0.2, 0.25) is 23.1 Å². The normalized spacial score (nSPS) is 19.6. The molecule has 1 heterocycles. The van der Waals surface area contributed by atoms with Crippen molar-refractivity contribution in [3.05, 3.63) is 58.1 Å². The van der Waals surface area contributed by atoms with Crippen molar-refractivity contribution < 1.29 is 23.9 Å². The van der Waals surface area contributed by atoms with Crippen LogP contribution in [0.1, 0.15) is 43.7 Å². The molecule has 0 aromatic heterocycles. The summed E-state index contributed by atoms with van der Waals surface area (Å²) in [5.74, 6) is -0.165. The van der Waals surface area contributed by atoms with Gasteiger partial charge in [-0.3, -0.25) is 14.4 Å². The third kappa shape index (κ3) is 5.31. The summed E-state index contributed by atoms with van der Waals surface area (Å²) in [7, 11) is 2.72. The summed E-state index contributed by atoms with van der Waals surface area (Å²) in [6.45, 7) is 3.48. The van der Waals surface area contributed by atoms with Gasteiger partial charge in [-0.05, 0) is 50.3 Å². The van der Waals surface area contributed by atoms with Gasteiger partial charge >= 0.3 is 0 Å². The first kappa shape index (κ1) is 22.9. The summed E-state index contributed by atoms with van der Waals surface area (Å²) in [5.41, 5.74) is 2.93. The summed E-state index contributed by atoms with van der Waals surface area (Å²) in [4.78, 5) is 37.6. The molecule has 31 heavy (non-hydrogen) atoms. The van der Waals surface area contributed by atoms with Crippen LogP contribution < -0.4 is 5.32 Å². The van der Waals surface area contributed by atoms with Crippen LogP contribution in [0.5, 0.6) is 0 Å². The van der Waals surface area contributed by atoms with E-state index >= 15 is 0 Å². The van der Waals surface area contributed by atoms with E-state index in [9.17, 15) is 14.4 Å². The Labute approximate surface area is 183 Å². The Kier molecular flexibility index (Phi) is 7.80. The SMILES string of the molecule is COC1=C(OC)C(=O)C(Cc2ccc(CCCC(=O)C3CCCNC3)cc2)=C(C)C1=O. The van der Waals surface area contributed by atoms with Gasteiger partial charge in [-0.1, -0.05) is 24.3 Å². The third-order valence-corrected chi connectivity index (χ3v) is 6.14. The van der Waals surface area contributed by atoms with Gasteiger partial charge in [-0.25, -0.2) is 0 Å². The molecule has 1 saturated heterocycles. The molecule has 2 aliphatic rings.